The standard InChI is InChI=1S/C24H14Cl2O6/c1-12-7-14(31-24(28)13-5-6-18-19(8-13)30-11-29-18)9-20-22(12)23(27)21(32-20)10-15-16(25)3-2-4-17(15)26/h2-10H,11H2,1H3/b21-10-. The lowest BCUT2D eigenvalue weighted by Crippen LogP contribution is -2.08. The summed E-state index contributed by atoms with van der Waals surface area (Å²) in [5, 5.41) is 0.792. The average molecular weight is 469 g/mol. The van der Waals surface area contributed by atoms with Gasteiger partial charge in [-0.15, -0.1) is 0 Å². The minimum atomic E-state index is -0.578. The van der Waals surface area contributed by atoms with Gasteiger partial charge >= 0.3 is 5.97 Å². The highest BCUT2D eigenvalue weighted by molar-refractivity contribution is 6.37. The number of rotatable bonds is 3. The van der Waals surface area contributed by atoms with Crippen molar-refractivity contribution in [1.82, 2.24) is 0 Å². The van der Waals surface area contributed by atoms with Crippen molar-refractivity contribution in [3.8, 4) is 23.0 Å². The summed E-state index contributed by atoms with van der Waals surface area (Å²) in [6, 6.07) is 13.0. The van der Waals surface area contributed by atoms with E-state index in [0.29, 0.717) is 43.8 Å². The van der Waals surface area contributed by atoms with Gasteiger partial charge < -0.3 is 18.9 Å². The van der Waals surface area contributed by atoms with E-state index in [2.05, 4.69) is 0 Å². The molecule has 3 aromatic rings. The number of ketones is 1. The normalized spacial score (nSPS) is 15.0. The number of hydrogen-bond acceptors (Lipinski definition) is 6. The zero-order chi connectivity index (χ0) is 22.4. The van der Waals surface area contributed by atoms with Gasteiger partial charge in [-0.25, -0.2) is 4.79 Å². The molecule has 0 radical (unpaired) electrons. The molecular formula is C24H14Cl2O6. The van der Waals surface area contributed by atoms with Gasteiger partial charge in [0, 0.05) is 21.7 Å². The molecule has 2 heterocycles. The zero-order valence-electron chi connectivity index (χ0n) is 16.6. The summed E-state index contributed by atoms with van der Waals surface area (Å²) in [5.41, 5.74) is 1.79. The number of benzene rings is 3. The van der Waals surface area contributed by atoms with Gasteiger partial charge in [0.15, 0.2) is 17.3 Å². The predicted octanol–water partition coefficient (Wildman–Crippen LogP) is 5.87. The fourth-order valence-electron chi connectivity index (χ4n) is 3.51. The molecule has 0 unspecified atom stereocenters. The van der Waals surface area contributed by atoms with Crippen LogP contribution in [0.25, 0.3) is 6.08 Å². The summed E-state index contributed by atoms with van der Waals surface area (Å²) >= 11 is 12.4. The second-order valence-corrected chi connectivity index (χ2v) is 7.96. The SMILES string of the molecule is Cc1cc(OC(=O)c2ccc3c(c2)OCO3)cc2c1C(=O)/C(=C/c1c(Cl)cccc1Cl)O2. The Morgan fingerprint density at radius 2 is 1.75 bits per heavy atom. The zero-order valence-corrected chi connectivity index (χ0v) is 18.1. The van der Waals surface area contributed by atoms with Crippen LogP contribution in [0.15, 0.2) is 54.3 Å². The van der Waals surface area contributed by atoms with Gasteiger partial charge in [0.1, 0.15) is 11.5 Å². The summed E-state index contributed by atoms with van der Waals surface area (Å²) in [6.07, 6.45) is 1.50. The van der Waals surface area contributed by atoms with Crippen LogP contribution in [0.2, 0.25) is 10.0 Å². The molecule has 0 fully saturated rings. The van der Waals surface area contributed by atoms with E-state index in [1.54, 1.807) is 49.4 Å². The van der Waals surface area contributed by atoms with Crippen molar-refractivity contribution in [3.05, 3.63) is 86.6 Å². The molecule has 0 N–H and O–H groups in total. The topological polar surface area (TPSA) is 71.1 Å². The number of fused-ring (bicyclic) bond motifs is 2. The van der Waals surface area contributed by atoms with Crippen LogP contribution in [-0.2, 0) is 0 Å². The van der Waals surface area contributed by atoms with E-state index in [1.807, 2.05) is 0 Å². The van der Waals surface area contributed by atoms with Crippen LogP contribution in [-0.4, -0.2) is 18.5 Å². The third-order valence-electron chi connectivity index (χ3n) is 5.04. The molecule has 0 bridgehead atoms. The summed E-state index contributed by atoms with van der Waals surface area (Å²) in [7, 11) is 0. The Balaban J connectivity index is 1.42. The van der Waals surface area contributed by atoms with E-state index < -0.39 is 5.97 Å². The predicted molar refractivity (Wildman–Crippen MR) is 118 cm³/mol. The molecule has 2 aliphatic heterocycles. The highest BCUT2D eigenvalue weighted by Gasteiger charge is 2.31. The summed E-state index contributed by atoms with van der Waals surface area (Å²) in [6.45, 7) is 1.85. The van der Waals surface area contributed by atoms with E-state index in [1.165, 1.54) is 12.1 Å². The Hall–Kier alpha value is -3.48. The molecule has 0 spiro atoms. The number of carbonyl (C=O) groups is 2. The smallest absolute Gasteiger partial charge is 0.343 e. The molecular weight excluding hydrogens is 455 g/mol. The number of halogens is 2. The first-order valence-corrected chi connectivity index (χ1v) is 10.3. The van der Waals surface area contributed by atoms with Crippen LogP contribution >= 0.6 is 23.2 Å². The van der Waals surface area contributed by atoms with Gasteiger partial charge in [0.25, 0.3) is 0 Å². The lowest BCUT2D eigenvalue weighted by molar-refractivity contribution is 0.0734. The third-order valence-corrected chi connectivity index (χ3v) is 5.70. The second-order valence-electron chi connectivity index (χ2n) is 7.15. The first-order valence-electron chi connectivity index (χ1n) is 9.55. The molecule has 0 aliphatic carbocycles. The molecule has 6 nitrogen and oxygen atoms in total. The van der Waals surface area contributed by atoms with Crippen LogP contribution in [0.1, 0.15) is 31.8 Å². The number of carbonyl (C=O) groups excluding carboxylic acids is 2. The molecule has 0 saturated heterocycles. The van der Waals surface area contributed by atoms with Crippen LogP contribution in [0, 0.1) is 6.92 Å². The maximum Gasteiger partial charge on any atom is 0.343 e. The minimum Gasteiger partial charge on any atom is -0.454 e. The molecule has 32 heavy (non-hydrogen) atoms. The van der Waals surface area contributed by atoms with Crippen molar-refractivity contribution >= 4 is 41.0 Å². The Labute approximate surface area is 192 Å². The molecule has 0 aromatic heterocycles. The Bertz CT molecular complexity index is 1310. The summed E-state index contributed by atoms with van der Waals surface area (Å²) < 4.78 is 21.8. The fraction of sp³-hybridized carbons (Fsp3) is 0.0833. The van der Waals surface area contributed by atoms with E-state index in [0.717, 1.165) is 0 Å². The van der Waals surface area contributed by atoms with E-state index in [-0.39, 0.29) is 29.8 Å². The number of aryl methyl sites for hydroxylation is 1. The van der Waals surface area contributed by atoms with E-state index in [9.17, 15) is 9.59 Å². The summed E-state index contributed by atoms with van der Waals surface area (Å²) in [4.78, 5) is 25.5. The van der Waals surface area contributed by atoms with Crippen molar-refractivity contribution in [2.24, 2.45) is 0 Å². The number of hydrogen-bond donors (Lipinski definition) is 0. The monoisotopic (exact) mass is 468 g/mol. The first kappa shape index (κ1) is 20.4. The van der Waals surface area contributed by atoms with Gasteiger partial charge in [-0.3, -0.25) is 4.79 Å². The Morgan fingerprint density at radius 1 is 1.00 bits per heavy atom. The van der Waals surface area contributed by atoms with Gasteiger partial charge in [0.2, 0.25) is 12.6 Å². The van der Waals surface area contributed by atoms with Gasteiger partial charge in [-0.2, -0.15) is 0 Å². The fourth-order valence-corrected chi connectivity index (χ4v) is 4.01. The van der Waals surface area contributed by atoms with E-state index >= 15 is 0 Å². The van der Waals surface area contributed by atoms with Crippen molar-refractivity contribution in [2.75, 3.05) is 6.79 Å². The Morgan fingerprint density at radius 3 is 2.53 bits per heavy atom. The van der Waals surface area contributed by atoms with Crippen LogP contribution < -0.4 is 18.9 Å². The lowest BCUT2D eigenvalue weighted by Gasteiger charge is -2.08. The summed E-state index contributed by atoms with van der Waals surface area (Å²) in [5.74, 6) is 0.781. The molecule has 160 valence electrons. The quantitative estimate of drug-likeness (QED) is 0.272. The maximum absolute atomic E-state index is 12.9. The molecule has 2 aliphatic rings. The number of Topliss-reactive ketones (excluding diaryl/α,β-unsaturated/α-hetero) is 1. The van der Waals surface area contributed by atoms with Crippen molar-refractivity contribution < 1.29 is 28.5 Å². The molecule has 5 rings (SSSR count). The number of esters is 1. The van der Waals surface area contributed by atoms with Crippen molar-refractivity contribution in [2.45, 2.75) is 6.92 Å². The van der Waals surface area contributed by atoms with E-state index in [4.69, 9.17) is 42.1 Å². The highest BCUT2D eigenvalue weighted by atomic mass is 35.5. The molecule has 0 amide bonds. The van der Waals surface area contributed by atoms with Crippen LogP contribution in [0.5, 0.6) is 23.0 Å². The van der Waals surface area contributed by atoms with Crippen LogP contribution in [0.3, 0.4) is 0 Å². The Kier molecular flexibility index (Phi) is 5.04. The third kappa shape index (κ3) is 3.57. The molecule has 0 atom stereocenters. The first-order chi connectivity index (χ1) is 15.4. The maximum atomic E-state index is 12.9. The highest BCUT2D eigenvalue weighted by Crippen LogP contribution is 2.39. The lowest BCUT2D eigenvalue weighted by atomic mass is 10.0. The second kappa shape index (κ2) is 7.89. The largest absolute Gasteiger partial charge is 0.454 e. The van der Waals surface area contributed by atoms with Crippen molar-refractivity contribution in [1.29, 1.82) is 0 Å². The average Bonchev–Trinajstić information content (AvgIpc) is 3.34. The van der Waals surface area contributed by atoms with Crippen LogP contribution in [0.4, 0.5) is 0 Å². The molecule has 8 heteroatoms. The van der Waals surface area contributed by atoms with Gasteiger partial charge in [-0.1, -0.05) is 29.3 Å². The number of allylic oxidation sites excluding steroid dienone is 1. The minimum absolute atomic E-state index is 0.0809. The number of ether oxygens (including phenoxy) is 4. The van der Waals surface area contributed by atoms with Crippen molar-refractivity contribution in [3.63, 3.8) is 0 Å². The van der Waals surface area contributed by atoms with Gasteiger partial charge in [0.05, 0.1) is 11.1 Å². The molecule has 3 aromatic carbocycles. The van der Waals surface area contributed by atoms with Gasteiger partial charge in [-0.05, 0) is 55.0 Å². The molecule has 0 saturated carbocycles.